The second-order valence-corrected chi connectivity index (χ2v) is 5.15. The minimum Gasteiger partial charge on any atom is -0.382 e. The Bertz CT molecular complexity index is 165. The molecule has 1 atom stereocenters. The third-order valence-corrected chi connectivity index (χ3v) is 3.42. The van der Waals surface area contributed by atoms with Crippen LogP contribution >= 0.6 is 0 Å². The Hall–Kier alpha value is -0.120. The van der Waals surface area contributed by atoms with Crippen molar-refractivity contribution in [1.82, 2.24) is 5.32 Å². The van der Waals surface area contributed by atoms with E-state index in [4.69, 9.17) is 9.47 Å². The van der Waals surface area contributed by atoms with Crippen LogP contribution < -0.4 is 5.32 Å². The van der Waals surface area contributed by atoms with E-state index in [-0.39, 0.29) is 0 Å². The summed E-state index contributed by atoms with van der Waals surface area (Å²) in [6.45, 7) is 12.1. The van der Waals surface area contributed by atoms with Crippen molar-refractivity contribution in [3.05, 3.63) is 0 Å². The van der Waals surface area contributed by atoms with Crippen molar-refractivity contribution in [2.45, 2.75) is 59.3 Å². The van der Waals surface area contributed by atoms with E-state index >= 15 is 0 Å². The Balaban J connectivity index is 3.16. The van der Waals surface area contributed by atoms with Crippen LogP contribution in [0.3, 0.4) is 0 Å². The molecular formula is C16H35NO2. The first-order valence-corrected chi connectivity index (χ1v) is 8.21. The fourth-order valence-electron chi connectivity index (χ4n) is 2.02. The van der Waals surface area contributed by atoms with Crippen LogP contribution in [0, 0.1) is 5.92 Å². The normalized spacial score (nSPS) is 12.8. The van der Waals surface area contributed by atoms with E-state index < -0.39 is 0 Å². The van der Waals surface area contributed by atoms with E-state index in [0.717, 1.165) is 51.9 Å². The lowest BCUT2D eigenvalue weighted by Crippen LogP contribution is -2.22. The van der Waals surface area contributed by atoms with Crippen LogP contribution in [0.2, 0.25) is 0 Å². The van der Waals surface area contributed by atoms with Gasteiger partial charge in [0.15, 0.2) is 0 Å². The van der Waals surface area contributed by atoms with Crippen molar-refractivity contribution in [3.8, 4) is 0 Å². The highest BCUT2D eigenvalue weighted by molar-refractivity contribution is 4.56. The third kappa shape index (κ3) is 14.1. The molecule has 0 rings (SSSR count). The zero-order chi connectivity index (χ0) is 14.2. The van der Waals surface area contributed by atoms with E-state index in [2.05, 4.69) is 19.2 Å². The smallest absolute Gasteiger partial charge is 0.0591 e. The molecule has 0 radical (unpaired) electrons. The van der Waals surface area contributed by atoms with Crippen molar-refractivity contribution >= 4 is 0 Å². The van der Waals surface area contributed by atoms with E-state index in [9.17, 15) is 0 Å². The van der Waals surface area contributed by atoms with Crippen molar-refractivity contribution in [3.63, 3.8) is 0 Å². The zero-order valence-corrected chi connectivity index (χ0v) is 13.4. The first kappa shape index (κ1) is 18.9. The second kappa shape index (κ2) is 15.9. The predicted molar refractivity (Wildman–Crippen MR) is 82.7 cm³/mol. The summed E-state index contributed by atoms with van der Waals surface area (Å²) < 4.78 is 11.0. The largest absolute Gasteiger partial charge is 0.382 e. The van der Waals surface area contributed by atoms with Crippen molar-refractivity contribution in [1.29, 1.82) is 0 Å². The molecule has 3 heteroatoms. The van der Waals surface area contributed by atoms with Crippen molar-refractivity contribution in [2.75, 3.05) is 39.5 Å². The summed E-state index contributed by atoms with van der Waals surface area (Å²) in [4.78, 5) is 0. The molecule has 0 aromatic carbocycles. The molecule has 0 amide bonds. The number of rotatable bonds is 15. The van der Waals surface area contributed by atoms with Crippen LogP contribution in [-0.2, 0) is 9.47 Å². The van der Waals surface area contributed by atoms with Gasteiger partial charge in [0.2, 0.25) is 0 Å². The van der Waals surface area contributed by atoms with Gasteiger partial charge in [-0.25, -0.2) is 0 Å². The van der Waals surface area contributed by atoms with Gasteiger partial charge in [0.1, 0.15) is 0 Å². The average Bonchev–Trinajstić information content (AvgIpc) is 2.44. The van der Waals surface area contributed by atoms with Gasteiger partial charge in [0, 0.05) is 26.4 Å². The quantitative estimate of drug-likeness (QED) is 0.462. The van der Waals surface area contributed by atoms with Gasteiger partial charge in [0.05, 0.1) is 6.61 Å². The Labute approximate surface area is 120 Å². The summed E-state index contributed by atoms with van der Waals surface area (Å²) in [6.07, 6.45) is 7.52. The lowest BCUT2D eigenvalue weighted by Gasteiger charge is -2.14. The maximum absolute atomic E-state index is 5.74. The molecule has 0 aliphatic heterocycles. The Morgan fingerprint density at radius 2 is 1.74 bits per heavy atom. The highest BCUT2D eigenvalue weighted by Gasteiger charge is 2.05. The van der Waals surface area contributed by atoms with Crippen LogP contribution in [-0.4, -0.2) is 39.5 Å². The predicted octanol–water partition coefficient (Wildman–Crippen LogP) is 3.63. The van der Waals surface area contributed by atoms with Gasteiger partial charge in [-0.1, -0.05) is 33.1 Å². The second-order valence-electron chi connectivity index (χ2n) is 5.15. The third-order valence-electron chi connectivity index (χ3n) is 3.42. The molecule has 0 aliphatic carbocycles. The number of hydrogen-bond acceptors (Lipinski definition) is 3. The number of hydrogen-bond donors (Lipinski definition) is 1. The molecule has 0 saturated carbocycles. The lowest BCUT2D eigenvalue weighted by molar-refractivity contribution is 0.0954. The van der Waals surface area contributed by atoms with Crippen LogP contribution in [0.4, 0.5) is 0 Å². The summed E-state index contributed by atoms with van der Waals surface area (Å²) in [5.41, 5.74) is 0. The molecule has 0 spiro atoms. The summed E-state index contributed by atoms with van der Waals surface area (Å²) in [5, 5.41) is 3.42. The standard InChI is InChI=1S/C16H35NO2/c1-4-7-10-16(5-2)15-19-14-12-17-11-8-9-13-18-6-3/h16-17H,4-15H2,1-3H3. The summed E-state index contributed by atoms with van der Waals surface area (Å²) >= 11 is 0. The maximum Gasteiger partial charge on any atom is 0.0591 e. The van der Waals surface area contributed by atoms with Crippen LogP contribution in [0.1, 0.15) is 59.3 Å². The lowest BCUT2D eigenvalue weighted by atomic mass is 10.0. The van der Waals surface area contributed by atoms with E-state index in [1.807, 2.05) is 6.92 Å². The zero-order valence-electron chi connectivity index (χ0n) is 13.4. The number of nitrogens with one attached hydrogen (secondary N) is 1. The molecular weight excluding hydrogens is 238 g/mol. The molecule has 0 saturated heterocycles. The molecule has 0 aromatic rings. The van der Waals surface area contributed by atoms with Crippen molar-refractivity contribution < 1.29 is 9.47 Å². The first-order valence-electron chi connectivity index (χ1n) is 8.21. The fraction of sp³-hybridized carbons (Fsp3) is 1.00. The van der Waals surface area contributed by atoms with E-state index in [0.29, 0.717) is 0 Å². The molecule has 1 N–H and O–H groups in total. The molecule has 116 valence electrons. The Morgan fingerprint density at radius 3 is 2.42 bits per heavy atom. The molecule has 0 heterocycles. The van der Waals surface area contributed by atoms with E-state index in [1.54, 1.807) is 0 Å². The summed E-state index contributed by atoms with van der Waals surface area (Å²) in [6, 6.07) is 0. The van der Waals surface area contributed by atoms with Crippen LogP contribution in [0.5, 0.6) is 0 Å². The fourth-order valence-corrected chi connectivity index (χ4v) is 2.02. The minimum absolute atomic E-state index is 0.756. The molecule has 0 bridgehead atoms. The van der Waals surface area contributed by atoms with Crippen LogP contribution in [0.25, 0.3) is 0 Å². The molecule has 0 aromatic heterocycles. The highest BCUT2D eigenvalue weighted by Crippen LogP contribution is 2.12. The van der Waals surface area contributed by atoms with Gasteiger partial charge in [-0.15, -0.1) is 0 Å². The molecule has 3 nitrogen and oxygen atoms in total. The van der Waals surface area contributed by atoms with Gasteiger partial charge in [-0.2, -0.15) is 0 Å². The van der Waals surface area contributed by atoms with Gasteiger partial charge < -0.3 is 14.8 Å². The van der Waals surface area contributed by atoms with Crippen molar-refractivity contribution in [2.24, 2.45) is 5.92 Å². The van der Waals surface area contributed by atoms with Crippen LogP contribution in [0.15, 0.2) is 0 Å². The van der Waals surface area contributed by atoms with Gasteiger partial charge in [-0.05, 0) is 38.6 Å². The summed E-state index contributed by atoms with van der Waals surface area (Å²) in [7, 11) is 0. The Morgan fingerprint density at radius 1 is 0.895 bits per heavy atom. The maximum atomic E-state index is 5.74. The first-order chi connectivity index (χ1) is 9.35. The average molecular weight is 273 g/mol. The van der Waals surface area contributed by atoms with Gasteiger partial charge in [-0.3, -0.25) is 0 Å². The number of unbranched alkanes of at least 4 members (excludes halogenated alkanes) is 2. The molecule has 1 unspecified atom stereocenters. The number of ether oxygens (including phenoxy) is 2. The highest BCUT2D eigenvalue weighted by atomic mass is 16.5. The molecule has 19 heavy (non-hydrogen) atoms. The minimum atomic E-state index is 0.756. The van der Waals surface area contributed by atoms with Gasteiger partial charge >= 0.3 is 0 Å². The summed E-state index contributed by atoms with van der Waals surface area (Å²) in [5.74, 6) is 0.756. The SMILES string of the molecule is CCCCC(CC)COCCNCCCCOCC. The van der Waals surface area contributed by atoms with E-state index in [1.165, 1.54) is 32.1 Å². The topological polar surface area (TPSA) is 30.5 Å². The molecule has 0 fully saturated rings. The van der Waals surface area contributed by atoms with Gasteiger partial charge in [0.25, 0.3) is 0 Å². The Kier molecular flexibility index (Phi) is 15.8. The monoisotopic (exact) mass is 273 g/mol. The molecule has 0 aliphatic rings.